The molecule has 2 bridgehead atoms. The smallest absolute Gasteiger partial charge is 0.407 e. The van der Waals surface area contributed by atoms with E-state index >= 15 is 22.0 Å². The number of rotatable bonds is 11. The maximum atomic E-state index is 16.7. The average Bonchev–Trinajstić information content (AvgIpc) is 3.79. The van der Waals surface area contributed by atoms with Crippen molar-refractivity contribution in [1.29, 1.82) is 0 Å². The number of hydrogen-bond acceptors (Lipinski definition) is 14. The van der Waals surface area contributed by atoms with E-state index in [0.717, 1.165) is 31.2 Å². The van der Waals surface area contributed by atoms with Crippen LogP contribution in [0.5, 0.6) is 0 Å². The molecule has 7 atom stereocenters. The summed E-state index contributed by atoms with van der Waals surface area (Å²) in [7, 11) is 1.60. The summed E-state index contributed by atoms with van der Waals surface area (Å²) in [5.41, 5.74) is -6.20. The minimum absolute atomic E-state index is 0.0138. The lowest BCUT2D eigenvalue weighted by Crippen LogP contribution is -2.82. The molecule has 5 aliphatic heterocycles. The molecule has 418 valence electrons. The Bertz CT molecular complexity index is 2830. The zero-order valence-corrected chi connectivity index (χ0v) is 41.7. The molecular formula is C48H53F10N11O8. The van der Waals surface area contributed by atoms with Crippen LogP contribution in [0.1, 0.15) is 32.0 Å². The standard InChI is InChI=1S/C48H53F10N11O8/c1-45(2,47(53,54)55)38(62-43(73)75-4)40(71)60-31-12-23-6-8-24(9-7-23)27-16-59-42(68-18-33-34(68)17-67(33)26-21-77-22-26)61-32(27)15-46(3,48(56,57)58)39(63-44(74)76-5)41(72)65-69(19-35(31)70)37-28(49)13-25(14-29(37)50)30-10-11-66(64-30)20-36(51)52/h6-11,13-14,16,26,31,33-36,38-39,70H,12,15,17-22H2,1-5H3,(H,60,71)(H,62,73)(H,63,74)(H,65,72)/t31?,33-,34?,35-,38+,39+,46?/m0/s1. The number of ether oxygens (including phenoxy) is 3. The minimum Gasteiger partial charge on any atom is -0.453 e. The van der Waals surface area contributed by atoms with Gasteiger partial charge in [-0.05, 0) is 56.5 Å². The average molecular weight is 1100 g/mol. The fourth-order valence-corrected chi connectivity index (χ4v) is 9.65. The summed E-state index contributed by atoms with van der Waals surface area (Å²) in [6.07, 6.45) is -18.1. The predicted molar refractivity (Wildman–Crippen MR) is 251 cm³/mol. The van der Waals surface area contributed by atoms with Crippen molar-refractivity contribution < 1.29 is 82.4 Å². The number of carbonyl (C=O) groups excluding carboxylic acids is 4. The first-order valence-electron chi connectivity index (χ1n) is 23.9. The lowest BCUT2D eigenvalue weighted by molar-refractivity contribution is -0.227. The largest absolute Gasteiger partial charge is 0.453 e. The first kappa shape index (κ1) is 56.2. The predicted octanol–water partition coefficient (Wildman–Crippen LogP) is 4.91. The third-order valence-corrected chi connectivity index (χ3v) is 14.6. The second kappa shape index (κ2) is 21.4. The summed E-state index contributed by atoms with van der Waals surface area (Å²) in [6, 6.07) is 1.16. The Labute approximate surface area is 432 Å². The fourth-order valence-electron chi connectivity index (χ4n) is 9.65. The number of halogens is 10. The molecule has 77 heavy (non-hydrogen) atoms. The topological polar surface area (TPSA) is 218 Å². The summed E-state index contributed by atoms with van der Waals surface area (Å²) in [5, 5.41) is 22.2. The number of alkyl halides is 8. The molecular weight excluding hydrogens is 1050 g/mol. The molecule has 3 fully saturated rings. The Morgan fingerprint density at radius 2 is 1.58 bits per heavy atom. The van der Waals surface area contributed by atoms with Crippen LogP contribution in [0.15, 0.2) is 54.9 Å². The maximum absolute atomic E-state index is 16.7. The molecule has 2 aromatic heterocycles. The van der Waals surface area contributed by atoms with Crippen molar-refractivity contribution >= 4 is 35.6 Å². The number of hydrogen-bond donors (Lipinski definition) is 5. The molecule has 2 aromatic carbocycles. The number of anilines is 2. The first-order valence-corrected chi connectivity index (χ1v) is 23.9. The summed E-state index contributed by atoms with van der Waals surface area (Å²) in [4.78, 5) is 67.7. The van der Waals surface area contributed by atoms with Crippen LogP contribution < -0.4 is 31.3 Å². The van der Waals surface area contributed by atoms with Crippen molar-refractivity contribution in [3.63, 3.8) is 0 Å². The van der Waals surface area contributed by atoms with Gasteiger partial charge in [0.25, 0.3) is 12.3 Å². The molecule has 29 heteroatoms. The van der Waals surface area contributed by atoms with Crippen LogP contribution in [-0.4, -0.2) is 162 Å². The van der Waals surface area contributed by atoms with Gasteiger partial charge >= 0.3 is 24.5 Å². The van der Waals surface area contributed by atoms with Crippen molar-refractivity contribution in [2.24, 2.45) is 10.8 Å². The lowest BCUT2D eigenvalue weighted by Gasteiger charge is -2.64. The van der Waals surface area contributed by atoms with Gasteiger partial charge in [-0.15, -0.1) is 0 Å². The number of aliphatic hydroxyl groups is 1. The number of aromatic nitrogens is 4. The SMILES string of the molecule is COC(=O)N[C@H](C(=O)NC1Cc2ccc(cc2)-c2cnc(N3C[C@H]4C3CN4C3COC3)nc2CC(C)(C(F)(F)F)[C@H](NC(=O)OC)C(=O)NN(c2c(F)cc(-c3ccn(CC(F)F)n3)cc2F)C[C@@H]1O)C(C)(C)C(F)(F)F. The zero-order chi connectivity index (χ0) is 56.1. The maximum Gasteiger partial charge on any atom is 0.407 e. The van der Waals surface area contributed by atoms with Gasteiger partial charge in [-0.2, -0.15) is 31.4 Å². The molecule has 4 amide bonds. The van der Waals surface area contributed by atoms with E-state index < -0.39 is 121 Å². The van der Waals surface area contributed by atoms with E-state index in [1.165, 1.54) is 30.5 Å². The van der Waals surface area contributed by atoms with Crippen molar-refractivity contribution in [2.75, 3.05) is 57.0 Å². The molecule has 3 unspecified atom stereocenters. The lowest BCUT2D eigenvalue weighted by atomic mass is 9.75. The van der Waals surface area contributed by atoms with Crippen LogP contribution in [0.2, 0.25) is 0 Å². The first-order chi connectivity index (χ1) is 36.1. The van der Waals surface area contributed by atoms with E-state index in [2.05, 4.69) is 34.8 Å². The van der Waals surface area contributed by atoms with Gasteiger partial charge in [0.05, 0.1) is 80.4 Å². The normalized spacial score (nSPS) is 23.9. The number of amides is 4. The quantitative estimate of drug-likeness (QED) is 0.126. The Balaban J connectivity index is 1.26. The fraction of sp³-hybridized carbons (Fsp3) is 0.521. The van der Waals surface area contributed by atoms with Gasteiger partial charge in [0, 0.05) is 49.1 Å². The summed E-state index contributed by atoms with van der Waals surface area (Å²) >= 11 is 0. The number of nitrogens with zero attached hydrogens (tertiary/aromatic N) is 7. The van der Waals surface area contributed by atoms with Crippen molar-refractivity contribution in [3.8, 4) is 22.4 Å². The summed E-state index contributed by atoms with van der Waals surface area (Å²) in [6.45, 7) is 1.69. The van der Waals surface area contributed by atoms with E-state index in [-0.39, 0.29) is 62.7 Å². The number of aliphatic hydroxyl groups excluding tert-OH is 1. The van der Waals surface area contributed by atoms with E-state index in [1.54, 1.807) is 0 Å². The van der Waals surface area contributed by atoms with Gasteiger partial charge in [0.2, 0.25) is 11.9 Å². The van der Waals surface area contributed by atoms with Crippen LogP contribution in [0.25, 0.3) is 22.4 Å². The van der Waals surface area contributed by atoms with Crippen molar-refractivity contribution in [1.82, 2.24) is 46.0 Å². The van der Waals surface area contributed by atoms with Gasteiger partial charge in [0.1, 0.15) is 24.3 Å². The highest BCUT2D eigenvalue weighted by atomic mass is 19.4. The van der Waals surface area contributed by atoms with Crippen LogP contribution in [0.4, 0.5) is 65.1 Å². The Morgan fingerprint density at radius 1 is 0.922 bits per heavy atom. The number of alkyl carbamates (subject to hydrolysis) is 2. The molecule has 0 saturated carbocycles. The third-order valence-electron chi connectivity index (χ3n) is 14.6. The van der Waals surface area contributed by atoms with Crippen LogP contribution >= 0.6 is 0 Å². The van der Waals surface area contributed by atoms with Crippen LogP contribution in [0.3, 0.4) is 0 Å². The molecule has 9 rings (SSSR count). The van der Waals surface area contributed by atoms with E-state index in [0.29, 0.717) is 59.2 Å². The van der Waals surface area contributed by atoms with E-state index in [9.17, 15) is 46.2 Å². The van der Waals surface area contributed by atoms with Crippen molar-refractivity contribution in [3.05, 3.63) is 77.8 Å². The molecule has 4 aromatic rings. The number of piperazine rings is 1. The van der Waals surface area contributed by atoms with Gasteiger partial charge in [-0.1, -0.05) is 24.3 Å². The Kier molecular flexibility index (Phi) is 15.6. The monoisotopic (exact) mass is 1100 g/mol. The second-order valence-electron chi connectivity index (χ2n) is 19.9. The van der Waals surface area contributed by atoms with Crippen LogP contribution in [-0.2, 0) is 43.2 Å². The zero-order valence-electron chi connectivity index (χ0n) is 41.7. The second-order valence-corrected chi connectivity index (χ2v) is 19.9. The number of methoxy groups -OCH3 is 2. The number of likely N-dealkylation sites (tertiary alicyclic amines) is 1. The molecule has 3 saturated heterocycles. The molecule has 19 nitrogen and oxygen atoms in total. The molecule has 0 aliphatic carbocycles. The number of hydrazine groups is 1. The van der Waals surface area contributed by atoms with Gasteiger partial charge in [-0.3, -0.25) is 29.6 Å². The highest BCUT2D eigenvalue weighted by Gasteiger charge is 2.61. The molecule has 0 spiro atoms. The number of fused-ring (bicyclic) bond motifs is 12. The number of carbonyl (C=O) groups is 4. The molecule has 5 N–H and O–H groups in total. The molecule has 0 radical (unpaired) electrons. The number of benzene rings is 2. The molecule has 7 heterocycles. The van der Waals surface area contributed by atoms with E-state index in [1.807, 2.05) is 21.0 Å². The van der Waals surface area contributed by atoms with Crippen molar-refractivity contribution in [2.45, 2.75) is 101 Å². The van der Waals surface area contributed by atoms with Crippen LogP contribution in [0, 0.1) is 22.5 Å². The Hall–Kier alpha value is -7.01. The number of nitrogens with one attached hydrogen (secondary N) is 4. The van der Waals surface area contributed by atoms with E-state index in [4.69, 9.17) is 4.74 Å². The highest BCUT2D eigenvalue weighted by molar-refractivity contribution is 5.89. The minimum atomic E-state index is -5.46. The highest BCUT2D eigenvalue weighted by Crippen LogP contribution is 2.47. The Morgan fingerprint density at radius 3 is 2.14 bits per heavy atom. The molecule has 5 aliphatic rings. The van der Waals surface area contributed by atoms with Gasteiger partial charge < -0.3 is 40.2 Å². The summed E-state index contributed by atoms with van der Waals surface area (Å²) < 4.78 is 167. The third kappa shape index (κ3) is 11.2. The summed E-state index contributed by atoms with van der Waals surface area (Å²) in [5.74, 6) is -6.55. The van der Waals surface area contributed by atoms with Gasteiger partial charge in [0.15, 0.2) is 11.6 Å². The van der Waals surface area contributed by atoms with Gasteiger partial charge in [-0.25, -0.2) is 37.1 Å².